The smallest absolute Gasteiger partial charge is 0.258 e. The van der Waals surface area contributed by atoms with Gasteiger partial charge in [-0.3, -0.25) is 10.1 Å². The first-order chi connectivity index (χ1) is 7.90. The molecule has 0 amide bonds. The van der Waals surface area contributed by atoms with Gasteiger partial charge in [0.2, 0.25) is 15.8 Å². The second kappa shape index (κ2) is 4.04. The number of sulfonamides is 1. The van der Waals surface area contributed by atoms with E-state index in [1.54, 1.807) is 0 Å². The summed E-state index contributed by atoms with van der Waals surface area (Å²) in [5, 5.41) is 10.4. The number of nitro benzene ring substituents is 1. The molecule has 8 heteroatoms. The van der Waals surface area contributed by atoms with Crippen molar-refractivity contribution in [2.45, 2.75) is 23.8 Å². The molecule has 0 radical (unpaired) electrons. The first-order valence-corrected chi connectivity index (χ1v) is 6.35. The highest BCUT2D eigenvalue weighted by Gasteiger charge is 2.29. The Hall–Kier alpha value is -1.54. The summed E-state index contributed by atoms with van der Waals surface area (Å²) >= 11 is 0. The molecule has 1 saturated carbocycles. The fourth-order valence-corrected chi connectivity index (χ4v) is 2.61. The fraction of sp³-hybridized carbons (Fsp3) is 0.333. The van der Waals surface area contributed by atoms with Gasteiger partial charge in [-0.2, -0.15) is 4.39 Å². The van der Waals surface area contributed by atoms with Gasteiger partial charge < -0.3 is 0 Å². The highest BCUT2D eigenvalue weighted by atomic mass is 32.2. The van der Waals surface area contributed by atoms with Crippen LogP contribution in [-0.4, -0.2) is 19.4 Å². The highest BCUT2D eigenvalue weighted by molar-refractivity contribution is 7.89. The maximum atomic E-state index is 13.3. The quantitative estimate of drug-likeness (QED) is 0.650. The lowest BCUT2D eigenvalue weighted by atomic mass is 10.3. The van der Waals surface area contributed by atoms with E-state index in [9.17, 15) is 22.9 Å². The number of rotatable bonds is 4. The van der Waals surface area contributed by atoms with Crippen molar-refractivity contribution < 1.29 is 17.7 Å². The van der Waals surface area contributed by atoms with Gasteiger partial charge >= 0.3 is 5.69 Å². The summed E-state index contributed by atoms with van der Waals surface area (Å²) in [7, 11) is -3.77. The van der Waals surface area contributed by atoms with Gasteiger partial charge in [0, 0.05) is 18.2 Å². The Bertz CT molecular complexity index is 568. The lowest BCUT2D eigenvalue weighted by molar-refractivity contribution is -0.387. The minimum atomic E-state index is -3.77. The minimum Gasteiger partial charge on any atom is -0.258 e. The average molecular weight is 260 g/mol. The topological polar surface area (TPSA) is 89.3 Å². The molecule has 17 heavy (non-hydrogen) atoms. The van der Waals surface area contributed by atoms with Gasteiger partial charge in [-0.15, -0.1) is 0 Å². The summed E-state index contributed by atoms with van der Waals surface area (Å²) < 4.78 is 38.9. The molecule has 1 N–H and O–H groups in total. The molecule has 1 fully saturated rings. The van der Waals surface area contributed by atoms with Crippen LogP contribution in [-0.2, 0) is 10.0 Å². The number of hydrogen-bond donors (Lipinski definition) is 1. The first kappa shape index (κ1) is 11.9. The maximum Gasteiger partial charge on any atom is 0.304 e. The van der Waals surface area contributed by atoms with Crippen LogP contribution in [0.3, 0.4) is 0 Å². The molecule has 1 aliphatic rings. The third kappa shape index (κ3) is 2.59. The van der Waals surface area contributed by atoms with Crippen LogP contribution >= 0.6 is 0 Å². The zero-order valence-electron chi connectivity index (χ0n) is 8.59. The van der Waals surface area contributed by atoms with Crippen LogP contribution < -0.4 is 4.72 Å². The molecule has 0 bridgehead atoms. The van der Waals surface area contributed by atoms with Gasteiger partial charge in [0.15, 0.2) is 0 Å². The normalized spacial score (nSPS) is 15.8. The van der Waals surface area contributed by atoms with Crippen LogP contribution in [0.4, 0.5) is 10.1 Å². The molecule has 1 aromatic rings. The average Bonchev–Trinajstić information content (AvgIpc) is 3.00. The number of halogens is 1. The molecular formula is C9H9FN2O4S. The van der Waals surface area contributed by atoms with Crippen molar-refractivity contribution in [2.24, 2.45) is 0 Å². The van der Waals surface area contributed by atoms with E-state index in [0.717, 1.165) is 25.0 Å². The Morgan fingerprint density at radius 3 is 2.53 bits per heavy atom. The third-order valence-corrected chi connectivity index (χ3v) is 3.84. The first-order valence-electron chi connectivity index (χ1n) is 4.86. The third-order valence-electron chi connectivity index (χ3n) is 2.33. The predicted octanol–water partition coefficient (Wildman–Crippen LogP) is 1.17. The standard InChI is InChI=1S/C9H9FN2O4S/c10-8-5-7(3-4-9(8)12(13)14)17(15,16)11-6-1-2-6/h3-6,11H,1-2H2. The maximum absolute atomic E-state index is 13.3. The van der Waals surface area contributed by atoms with E-state index in [1.165, 1.54) is 0 Å². The van der Waals surface area contributed by atoms with Gasteiger partial charge in [-0.25, -0.2) is 13.1 Å². The van der Waals surface area contributed by atoms with Crippen LogP contribution in [0.15, 0.2) is 23.1 Å². The molecule has 1 aliphatic carbocycles. The summed E-state index contributed by atoms with van der Waals surface area (Å²) in [4.78, 5) is 9.17. The molecule has 0 saturated heterocycles. The van der Waals surface area contributed by atoms with Crippen molar-refractivity contribution in [3.63, 3.8) is 0 Å². The summed E-state index contributed by atoms with van der Waals surface area (Å²) in [6, 6.07) is 2.42. The second-order valence-electron chi connectivity index (χ2n) is 3.77. The van der Waals surface area contributed by atoms with Crippen molar-refractivity contribution >= 4 is 15.7 Å². The predicted molar refractivity (Wildman–Crippen MR) is 56.4 cm³/mol. The Morgan fingerprint density at radius 1 is 1.41 bits per heavy atom. The van der Waals surface area contributed by atoms with E-state index in [0.29, 0.717) is 6.07 Å². The van der Waals surface area contributed by atoms with Gasteiger partial charge in [0.25, 0.3) is 0 Å². The van der Waals surface area contributed by atoms with E-state index in [-0.39, 0.29) is 10.9 Å². The summed E-state index contributed by atoms with van der Waals surface area (Å²) in [5.41, 5.74) is -0.740. The van der Waals surface area contributed by atoms with E-state index in [2.05, 4.69) is 4.72 Å². The number of hydrogen-bond acceptors (Lipinski definition) is 4. The van der Waals surface area contributed by atoms with Gasteiger partial charge in [-0.05, 0) is 18.9 Å². The number of nitrogens with zero attached hydrogens (tertiary/aromatic N) is 1. The van der Waals surface area contributed by atoms with Gasteiger partial charge in [-0.1, -0.05) is 0 Å². The number of nitrogens with one attached hydrogen (secondary N) is 1. The number of benzene rings is 1. The Kier molecular flexibility index (Phi) is 2.84. The van der Waals surface area contributed by atoms with Crippen LogP contribution in [0.2, 0.25) is 0 Å². The van der Waals surface area contributed by atoms with Crippen LogP contribution in [0.5, 0.6) is 0 Å². The minimum absolute atomic E-state index is 0.0988. The van der Waals surface area contributed by atoms with Crippen molar-refractivity contribution in [3.8, 4) is 0 Å². The van der Waals surface area contributed by atoms with Crippen LogP contribution in [0.1, 0.15) is 12.8 Å². The van der Waals surface area contributed by atoms with Crippen molar-refractivity contribution in [3.05, 3.63) is 34.1 Å². The number of nitro groups is 1. The second-order valence-corrected chi connectivity index (χ2v) is 5.48. The lowest BCUT2D eigenvalue weighted by Crippen LogP contribution is -2.25. The van der Waals surface area contributed by atoms with E-state index < -0.39 is 26.5 Å². The lowest BCUT2D eigenvalue weighted by Gasteiger charge is -2.05. The van der Waals surface area contributed by atoms with Crippen LogP contribution in [0.25, 0.3) is 0 Å². The molecule has 2 rings (SSSR count). The molecule has 0 unspecified atom stereocenters. The monoisotopic (exact) mass is 260 g/mol. The van der Waals surface area contributed by atoms with E-state index in [4.69, 9.17) is 0 Å². The molecule has 0 heterocycles. The van der Waals surface area contributed by atoms with Crippen molar-refractivity contribution in [2.75, 3.05) is 0 Å². The Labute approximate surface area is 96.6 Å². The SMILES string of the molecule is O=[N+]([O-])c1ccc(S(=O)(=O)NC2CC2)cc1F. The molecule has 1 aromatic carbocycles. The van der Waals surface area contributed by atoms with Crippen molar-refractivity contribution in [1.29, 1.82) is 0 Å². The zero-order valence-corrected chi connectivity index (χ0v) is 9.41. The van der Waals surface area contributed by atoms with Crippen molar-refractivity contribution in [1.82, 2.24) is 4.72 Å². The van der Waals surface area contributed by atoms with Gasteiger partial charge in [0.1, 0.15) is 0 Å². The highest BCUT2D eigenvalue weighted by Crippen LogP contribution is 2.24. The molecule has 0 aromatic heterocycles. The summed E-state index contributed by atoms with van der Waals surface area (Å²) in [6.07, 6.45) is 1.52. The van der Waals surface area contributed by atoms with Gasteiger partial charge in [0.05, 0.1) is 9.82 Å². The zero-order chi connectivity index (χ0) is 12.6. The fourth-order valence-electron chi connectivity index (χ4n) is 1.29. The Morgan fingerprint density at radius 2 is 2.06 bits per heavy atom. The van der Waals surface area contributed by atoms with E-state index >= 15 is 0 Å². The molecular weight excluding hydrogens is 251 g/mol. The van der Waals surface area contributed by atoms with E-state index in [1.807, 2.05) is 0 Å². The Balaban J connectivity index is 2.33. The molecule has 92 valence electrons. The molecule has 0 atom stereocenters. The van der Waals surface area contributed by atoms with Crippen LogP contribution in [0, 0.1) is 15.9 Å². The summed E-state index contributed by atoms with van der Waals surface area (Å²) in [6.45, 7) is 0. The molecule has 6 nitrogen and oxygen atoms in total. The largest absolute Gasteiger partial charge is 0.304 e. The molecule has 0 spiro atoms. The summed E-state index contributed by atoms with van der Waals surface area (Å²) in [5.74, 6) is -1.16. The molecule has 0 aliphatic heterocycles.